The van der Waals surface area contributed by atoms with Crippen molar-refractivity contribution in [3.8, 4) is 5.75 Å². The fourth-order valence-corrected chi connectivity index (χ4v) is 5.14. The predicted octanol–water partition coefficient (Wildman–Crippen LogP) is 5.80. The number of ether oxygens (including phenoxy) is 2. The molecule has 0 radical (unpaired) electrons. The number of rotatable bonds is 7. The van der Waals surface area contributed by atoms with E-state index < -0.39 is 0 Å². The van der Waals surface area contributed by atoms with Gasteiger partial charge in [-0.25, -0.2) is 0 Å². The summed E-state index contributed by atoms with van der Waals surface area (Å²) < 4.78 is 12.2. The lowest BCUT2D eigenvalue weighted by molar-refractivity contribution is -0.0686. The Morgan fingerprint density at radius 3 is 2.26 bits per heavy atom. The first-order valence-electron chi connectivity index (χ1n) is 11.5. The van der Waals surface area contributed by atoms with Gasteiger partial charge >= 0.3 is 0 Å². The average Bonchev–Trinajstić information content (AvgIpc) is 3.26. The Morgan fingerprint density at radius 2 is 1.52 bits per heavy atom. The molecule has 3 nitrogen and oxygen atoms in total. The average molecular weight is 414 g/mol. The topological polar surface area (TPSA) is 21.7 Å². The zero-order chi connectivity index (χ0) is 20.9. The Morgan fingerprint density at radius 1 is 0.806 bits per heavy atom. The zero-order valence-corrected chi connectivity index (χ0v) is 18.0. The molecule has 2 saturated heterocycles. The van der Waals surface area contributed by atoms with E-state index >= 15 is 0 Å². The quantitative estimate of drug-likeness (QED) is 0.488. The first kappa shape index (κ1) is 20.3. The third-order valence-electron chi connectivity index (χ3n) is 6.75. The maximum atomic E-state index is 6.28. The molecule has 2 aliphatic rings. The van der Waals surface area contributed by atoms with Gasteiger partial charge < -0.3 is 9.47 Å². The van der Waals surface area contributed by atoms with Gasteiger partial charge in [0, 0.05) is 18.6 Å². The number of hydrogen-bond acceptors (Lipinski definition) is 3. The van der Waals surface area contributed by atoms with Gasteiger partial charge in [0.25, 0.3) is 0 Å². The molecule has 2 aliphatic heterocycles. The predicted molar refractivity (Wildman–Crippen MR) is 124 cm³/mol. The second-order valence-corrected chi connectivity index (χ2v) is 8.70. The summed E-state index contributed by atoms with van der Waals surface area (Å²) >= 11 is 0. The number of fused-ring (bicyclic) bond motifs is 1. The number of aryl methyl sites for hydroxylation is 1. The minimum absolute atomic E-state index is 0.165. The van der Waals surface area contributed by atoms with Crippen molar-refractivity contribution in [2.75, 3.05) is 13.2 Å². The SMILES string of the molecule is c1ccc(CC[C@@H]2CC[C@H]3[C@@H](c4ccc(OCc5ccccc5)cc4)OCCN23)cc1. The molecule has 0 unspecified atom stereocenters. The van der Waals surface area contributed by atoms with Gasteiger partial charge in [-0.15, -0.1) is 0 Å². The van der Waals surface area contributed by atoms with Crippen LogP contribution in [0.3, 0.4) is 0 Å². The molecule has 3 heteroatoms. The molecule has 2 fully saturated rings. The highest BCUT2D eigenvalue weighted by Gasteiger charge is 2.41. The van der Waals surface area contributed by atoms with Crippen LogP contribution in [0.2, 0.25) is 0 Å². The van der Waals surface area contributed by atoms with E-state index in [4.69, 9.17) is 9.47 Å². The maximum Gasteiger partial charge on any atom is 0.119 e. The highest BCUT2D eigenvalue weighted by molar-refractivity contribution is 5.30. The summed E-state index contributed by atoms with van der Waals surface area (Å²) in [7, 11) is 0. The Balaban J connectivity index is 1.19. The van der Waals surface area contributed by atoms with Gasteiger partial charge in [0.2, 0.25) is 0 Å². The third kappa shape index (κ3) is 4.84. The van der Waals surface area contributed by atoms with E-state index in [-0.39, 0.29) is 6.10 Å². The zero-order valence-electron chi connectivity index (χ0n) is 18.0. The molecule has 3 aromatic carbocycles. The van der Waals surface area contributed by atoms with Crippen LogP contribution in [0.5, 0.6) is 5.75 Å². The number of hydrogen-bond donors (Lipinski definition) is 0. The first-order valence-corrected chi connectivity index (χ1v) is 11.5. The smallest absolute Gasteiger partial charge is 0.119 e. The molecular weight excluding hydrogens is 382 g/mol. The number of benzene rings is 3. The third-order valence-corrected chi connectivity index (χ3v) is 6.75. The van der Waals surface area contributed by atoms with E-state index in [0.717, 1.165) is 25.3 Å². The van der Waals surface area contributed by atoms with Crippen LogP contribution in [0.4, 0.5) is 0 Å². The van der Waals surface area contributed by atoms with Crippen LogP contribution in [-0.4, -0.2) is 30.1 Å². The number of morpholine rings is 1. The van der Waals surface area contributed by atoms with Gasteiger partial charge in [-0.1, -0.05) is 72.8 Å². The van der Waals surface area contributed by atoms with E-state index in [9.17, 15) is 0 Å². The molecule has 0 spiro atoms. The highest BCUT2D eigenvalue weighted by Crippen LogP contribution is 2.39. The van der Waals surface area contributed by atoms with Crippen molar-refractivity contribution in [1.29, 1.82) is 0 Å². The van der Waals surface area contributed by atoms with Crippen LogP contribution in [0.25, 0.3) is 0 Å². The van der Waals surface area contributed by atoms with Crippen molar-refractivity contribution in [2.45, 2.75) is 50.5 Å². The molecule has 0 aliphatic carbocycles. The van der Waals surface area contributed by atoms with Crippen LogP contribution in [0.15, 0.2) is 84.9 Å². The minimum Gasteiger partial charge on any atom is -0.489 e. The van der Waals surface area contributed by atoms with Crippen molar-refractivity contribution in [3.63, 3.8) is 0 Å². The Hall–Kier alpha value is -2.62. The second kappa shape index (κ2) is 9.67. The van der Waals surface area contributed by atoms with Gasteiger partial charge in [-0.05, 0) is 54.5 Å². The van der Waals surface area contributed by atoms with Crippen LogP contribution in [0, 0.1) is 0 Å². The molecule has 0 amide bonds. The Labute approximate surface area is 185 Å². The lowest BCUT2D eigenvalue weighted by Crippen LogP contribution is -2.46. The normalized spacial score (nSPS) is 23.4. The Kier molecular flexibility index (Phi) is 6.33. The van der Waals surface area contributed by atoms with Crippen molar-refractivity contribution >= 4 is 0 Å². The molecule has 0 aromatic heterocycles. The van der Waals surface area contributed by atoms with E-state index in [1.807, 2.05) is 18.2 Å². The molecule has 0 saturated carbocycles. The van der Waals surface area contributed by atoms with Gasteiger partial charge in [-0.3, -0.25) is 4.90 Å². The summed E-state index contributed by atoms with van der Waals surface area (Å²) in [5, 5.41) is 0. The number of nitrogens with zero attached hydrogens (tertiary/aromatic N) is 1. The van der Waals surface area contributed by atoms with E-state index in [1.165, 1.54) is 36.0 Å². The minimum atomic E-state index is 0.165. The second-order valence-electron chi connectivity index (χ2n) is 8.70. The highest BCUT2D eigenvalue weighted by atomic mass is 16.5. The summed E-state index contributed by atoms with van der Waals surface area (Å²) in [5.41, 5.74) is 3.90. The Bertz CT molecular complexity index is 942. The van der Waals surface area contributed by atoms with Crippen molar-refractivity contribution in [2.24, 2.45) is 0 Å². The summed E-state index contributed by atoms with van der Waals surface area (Å²) in [5.74, 6) is 0.910. The lowest BCUT2D eigenvalue weighted by Gasteiger charge is -2.39. The molecule has 3 atom stereocenters. The van der Waals surface area contributed by atoms with Gasteiger partial charge in [0.15, 0.2) is 0 Å². The van der Waals surface area contributed by atoms with Gasteiger partial charge in [0.05, 0.1) is 12.7 Å². The van der Waals surface area contributed by atoms with E-state index in [2.05, 4.69) is 71.6 Å². The fourth-order valence-electron chi connectivity index (χ4n) is 5.14. The van der Waals surface area contributed by atoms with Crippen LogP contribution >= 0.6 is 0 Å². The van der Waals surface area contributed by atoms with Crippen molar-refractivity contribution in [1.82, 2.24) is 4.90 Å². The molecule has 31 heavy (non-hydrogen) atoms. The molecule has 3 aromatic rings. The van der Waals surface area contributed by atoms with Crippen LogP contribution in [-0.2, 0) is 17.8 Å². The molecule has 0 N–H and O–H groups in total. The summed E-state index contributed by atoms with van der Waals surface area (Å²) in [4.78, 5) is 2.72. The molecule has 160 valence electrons. The van der Waals surface area contributed by atoms with Crippen molar-refractivity contribution in [3.05, 3.63) is 102 Å². The summed E-state index contributed by atoms with van der Waals surface area (Å²) in [6, 6.07) is 30.9. The van der Waals surface area contributed by atoms with Gasteiger partial charge in [0.1, 0.15) is 12.4 Å². The fraction of sp³-hybridized carbons (Fsp3) is 0.357. The first-order chi connectivity index (χ1) is 15.4. The van der Waals surface area contributed by atoms with Gasteiger partial charge in [-0.2, -0.15) is 0 Å². The lowest BCUT2D eigenvalue weighted by atomic mass is 9.99. The molecule has 5 rings (SSSR count). The van der Waals surface area contributed by atoms with Crippen LogP contribution in [0.1, 0.15) is 42.1 Å². The van der Waals surface area contributed by atoms with E-state index in [1.54, 1.807) is 0 Å². The molecular formula is C28H31NO2. The summed E-state index contributed by atoms with van der Waals surface area (Å²) in [6.45, 7) is 2.47. The maximum absolute atomic E-state index is 6.28. The molecule has 2 heterocycles. The molecule has 0 bridgehead atoms. The standard InChI is InChI=1S/C28H31NO2/c1-3-7-22(8-4-1)11-14-25-15-18-27-28(30-20-19-29(25)27)24-12-16-26(17-13-24)31-21-23-9-5-2-6-10-23/h1-10,12-13,16-17,25,27-28H,11,14-15,18-21H2/t25-,27+,28-/m1/s1. The van der Waals surface area contributed by atoms with Crippen LogP contribution < -0.4 is 4.74 Å². The monoisotopic (exact) mass is 413 g/mol. The van der Waals surface area contributed by atoms with Crippen molar-refractivity contribution < 1.29 is 9.47 Å². The van der Waals surface area contributed by atoms with E-state index in [0.29, 0.717) is 18.7 Å². The largest absolute Gasteiger partial charge is 0.489 e. The summed E-state index contributed by atoms with van der Waals surface area (Å²) in [6.07, 6.45) is 5.05.